The Labute approximate surface area is 181 Å². The van der Waals surface area contributed by atoms with Crippen LogP contribution in [0.25, 0.3) is 0 Å². The van der Waals surface area contributed by atoms with Gasteiger partial charge in [0, 0.05) is 31.7 Å². The molecule has 1 aliphatic heterocycles. The van der Waals surface area contributed by atoms with E-state index in [1.54, 1.807) is 29.2 Å². The van der Waals surface area contributed by atoms with E-state index in [-0.39, 0.29) is 18.4 Å². The molecule has 1 aliphatic rings. The fourth-order valence-corrected chi connectivity index (χ4v) is 3.36. The van der Waals surface area contributed by atoms with Crippen molar-refractivity contribution >= 4 is 17.6 Å². The van der Waals surface area contributed by atoms with E-state index >= 15 is 0 Å². The third-order valence-electron chi connectivity index (χ3n) is 5.31. The van der Waals surface area contributed by atoms with Crippen LogP contribution in [0.3, 0.4) is 0 Å². The molecule has 0 bridgehead atoms. The molecular formula is C22H26N6O3. The molecule has 1 N–H and O–H groups in total. The SMILES string of the molecule is CCOc1ccc(C(=O)NCC(=O)N2CCN(c3nnc(C)c(C)c3C#N)CC2)cc1. The van der Waals surface area contributed by atoms with Crippen LogP contribution in [-0.4, -0.2) is 66.2 Å². The summed E-state index contributed by atoms with van der Waals surface area (Å²) in [7, 11) is 0. The lowest BCUT2D eigenvalue weighted by atomic mass is 10.1. The van der Waals surface area contributed by atoms with E-state index < -0.39 is 0 Å². The maximum absolute atomic E-state index is 12.5. The molecule has 1 aromatic heterocycles. The Hall–Kier alpha value is -3.67. The van der Waals surface area contributed by atoms with Crippen LogP contribution in [0, 0.1) is 25.2 Å². The van der Waals surface area contributed by atoms with Gasteiger partial charge in [-0.3, -0.25) is 9.59 Å². The number of benzene rings is 1. The van der Waals surface area contributed by atoms with Gasteiger partial charge in [-0.1, -0.05) is 0 Å². The van der Waals surface area contributed by atoms with Crippen molar-refractivity contribution in [2.24, 2.45) is 0 Å². The van der Waals surface area contributed by atoms with Crippen molar-refractivity contribution in [1.29, 1.82) is 5.26 Å². The fourth-order valence-electron chi connectivity index (χ4n) is 3.36. The summed E-state index contributed by atoms with van der Waals surface area (Å²) in [5, 5.41) is 20.5. The van der Waals surface area contributed by atoms with E-state index in [1.807, 2.05) is 25.7 Å². The summed E-state index contributed by atoms with van der Waals surface area (Å²) in [5.41, 5.74) is 2.55. The lowest BCUT2D eigenvalue weighted by Crippen LogP contribution is -2.51. The molecule has 9 heteroatoms. The second kappa shape index (κ2) is 9.89. The Morgan fingerprint density at radius 3 is 2.42 bits per heavy atom. The quantitative estimate of drug-likeness (QED) is 0.750. The van der Waals surface area contributed by atoms with Crippen molar-refractivity contribution in [3.05, 3.63) is 46.6 Å². The number of amides is 2. The van der Waals surface area contributed by atoms with Crippen molar-refractivity contribution in [2.45, 2.75) is 20.8 Å². The van der Waals surface area contributed by atoms with Gasteiger partial charge in [-0.2, -0.15) is 10.4 Å². The third kappa shape index (κ3) is 5.09. The number of anilines is 1. The first kappa shape index (κ1) is 22.0. The van der Waals surface area contributed by atoms with E-state index in [0.717, 1.165) is 11.3 Å². The van der Waals surface area contributed by atoms with Crippen molar-refractivity contribution in [3.8, 4) is 11.8 Å². The molecule has 0 saturated carbocycles. The predicted octanol–water partition coefficient (Wildman–Crippen LogP) is 1.44. The minimum absolute atomic E-state index is 0.0705. The molecule has 2 aromatic rings. The molecular weight excluding hydrogens is 396 g/mol. The van der Waals surface area contributed by atoms with Crippen molar-refractivity contribution in [2.75, 3.05) is 44.2 Å². The highest BCUT2D eigenvalue weighted by atomic mass is 16.5. The van der Waals surface area contributed by atoms with Gasteiger partial charge in [0.2, 0.25) is 5.91 Å². The summed E-state index contributed by atoms with van der Waals surface area (Å²) in [6.45, 7) is 8.12. The second-order valence-corrected chi connectivity index (χ2v) is 7.23. The molecule has 9 nitrogen and oxygen atoms in total. The molecule has 0 aliphatic carbocycles. The highest BCUT2D eigenvalue weighted by Gasteiger charge is 2.25. The van der Waals surface area contributed by atoms with Crippen molar-refractivity contribution in [3.63, 3.8) is 0 Å². The molecule has 162 valence electrons. The Kier molecular flexibility index (Phi) is 7.03. The number of nitrogens with zero attached hydrogens (tertiary/aromatic N) is 5. The highest BCUT2D eigenvalue weighted by molar-refractivity contribution is 5.96. The third-order valence-corrected chi connectivity index (χ3v) is 5.31. The summed E-state index contributed by atoms with van der Waals surface area (Å²) >= 11 is 0. The monoisotopic (exact) mass is 422 g/mol. The number of aryl methyl sites for hydroxylation is 1. The second-order valence-electron chi connectivity index (χ2n) is 7.23. The van der Waals surface area contributed by atoms with E-state index in [0.29, 0.717) is 55.5 Å². The summed E-state index contributed by atoms with van der Waals surface area (Å²) < 4.78 is 5.36. The van der Waals surface area contributed by atoms with Crippen LogP contribution in [0.15, 0.2) is 24.3 Å². The molecule has 0 radical (unpaired) electrons. The van der Waals surface area contributed by atoms with Gasteiger partial charge in [0.1, 0.15) is 17.4 Å². The van der Waals surface area contributed by atoms with Gasteiger partial charge < -0.3 is 19.9 Å². The average molecular weight is 422 g/mol. The van der Waals surface area contributed by atoms with E-state index in [1.165, 1.54) is 0 Å². The van der Waals surface area contributed by atoms with Crippen molar-refractivity contribution in [1.82, 2.24) is 20.4 Å². The summed E-state index contributed by atoms with van der Waals surface area (Å²) in [4.78, 5) is 28.5. The van der Waals surface area contributed by atoms with Gasteiger partial charge >= 0.3 is 0 Å². The Balaban J connectivity index is 1.52. The number of nitrogens with one attached hydrogen (secondary N) is 1. The number of hydrogen-bond donors (Lipinski definition) is 1. The first-order valence-electron chi connectivity index (χ1n) is 10.2. The number of piperazine rings is 1. The number of hydrogen-bond acceptors (Lipinski definition) is 7. The van der Waals surface area contributed by atoms with Gasteiger partial charge in [0.15, 0.2) is 5.82 Å². The van der Waals surface area contributed by atoms with E-state index in [9.17, 15) is 14.9 Å². The maximum Gasteiger partial charge on any atom is 0.251 e. The average Bonchev–Trinajstić information content (AvgIpc) is 2.79. The number of rotatable bonds is 6. The van der Waals surface area contributed by atoms with Gasteiger partial charge in [0.05, 0.1) is 18.8 Å². The Bertz CT molecular complexity index is 992. The van der Waals surface area contributed by atoms with Crippen LogP contribution in [0.2, 0.25) is 0 Å². The van der Waals surface area contributed by atoms with Crippen LogP contribution in [0.4, 0.5) is 5.82 Å². The number of nitriles is 1. The zero-order valence-electron chi connectivity index (χ0n) is 18.0. The number of ether oxygens (including phenoxy) is 1. The van der Waals surface area contributed by atoms with E-state index in [2.05, 4.69) is 21.6 Å². The molecule has 2 amide bonds. The zero-order valence-corrected chi connectivity index (χ0v) is 18.0. The van der Waals surface area contributed by atoms with Gasteiger partial charge in [0.25, 0.3) is 5.91 Å². The smallest absolute Gasteiger partial charge is 0.251 e. The fraction of sp³-hybridized carbons (Fsp3) is 0.409. The van der Waals surface area contributed by atoms with Gasteiger partial charge in [-0.05, 0) is 50.6 Å². The standard InChI is InChI=1S/C22H26N6O3/c1-4-31-18-7-5-17(6-8-18)22(30)24-14-20(29)27-9-11-28(12-10-27)21-19(13-23)15(2)16(3)25-26-21/h5-8H,4,9-12,14H2,1-3H3,(H,24,30). The lowest BCUT2D eigenvalue weighted by molar-refractivity contribution is -0.130. The molecule has 0 unspecified atom stereocenters. The first-order valence-corrected chi connectivity index (χ1v) is 10.2. The topological polar surface area (TPSA) is 111 Å². The van der Waals surface area contributed by atoms with Gasteiger partial charge in [-0.25, -0.2) is 0 Å². The molecule has 1 fully saturated rings. The number of carbonyl (C=O) groups is 2. The maximum atomic E-state index is 12.5. The lowest BCUT2D eigenvalue weighted by Gasteiger charge is -2.35. The molecule has 1 aromatic carbocycles. The zero-order chi connectivity index (χ0) is 22.4. The van der Waals surface area contributed by atoms with Crippen LogP contribution >= 0.6 is 0 Å². The van der Waals surface area contributed by atoms with Crippen LogP contribution in [0.1, 0.15) is 34.1 Å². The molecule has 31 heavy (non-hydrogen) atoms. The Morgan fingerprint density at radius 1 is 1.13 bits per heavy atom. The van der Waals surface area contributed by atoms with Crippen LogP contribution in [0.5, 0.6) is 5.75 Å². The number of carbonyl (C=O) groups excluding carboxylic acids is 2. The molecule has 1 saturated heterocycles. The highest BCUT2D eigenvalue weighted by Crippen LogP contribution is 2.22. The van der Waals surface area contributed by atoms with Crippen molar-refractivity contribution < 1.29 is 14.3 Å². The molecule has 0 spiro atoms. The van der Waals surface area contributed by atoms with E-state index in [4.69, 9.17) is 4.74 Å². The van der Waals surface area contributed by atoms with Gasteiger partial charge in [-0.15, -0.1) is 5.10 Å². The molecule has 3 rings (SSSR count). The first-order chi connectivity index (χ1) is 14.9. The largest absolute Gasteiger partial charge is 0.494 e. The molecule has 0 atom stereocenters. The minimum Gasteiger partial charge on any atom is -0.494 e. The summed E-state index contributed by atoms with van der Waals surface area (Å²) in [6.07, 6.45) is 0. The van der Waals surface area contributed by atoms with Crippen LogP contribution < -0.4 is 15.0 Å². The predicted molar refractivity (Wildman–Crippen MR) is 115 cm³/mol. The van der Waals surface area contributed by atoms with Crippen LogP contribution in [-0.2, 0) is 4.79 Å². The summed E-state index contributed by atoms with van der Waals surface area (Å²) in [5.74, 6) is 0.798. The number of aromatic nitrogens is 2. The minimum atomic E-state index is -0.306. The summed E-state index contributed by atoms with van der Waals surface area (Å²) in [6, 6.07) is 9.00. The normalized spacial score (nSPS) is 13.5. The molecule has 2 heterocycles. The Morgan fingerprint density at radius 2 is 1.81 bits per heavy atom.